The van der Waals surface area contributed by atoms with Crippen molar-refractivity contribution in [3.8, 4) is 0 Å². The highest BCUT2D eigenvalue weighted by atomic mass is 19.1. The first-order chi connectivity index (χ1) is 7.06. The zero-order chi connectivity index (χ0) is 11.4. The minimum absolute atomic E-state index is 0.0308. The summed E-state index contributed by atoms with van der Waals surface area (Å²) in [6.07, 6.45) is 1.97. The van der Waals surface area contributed by atoms with Crippen LogP contribution in [0, 0.1) is 15.9 Å². The number of rotatable bonds is 3. The molecule has 1 N–H and O–H groups in total. The highest BCUT2D eigenvalue weighted by Gasteiger charge is 2.17. The molecule has 0 radical (unpaired) electrons. The third-order valence-corrected chi connectivity index (χ3v) is 1.83. The molecule has 0 aliphatic carbocycles. The van der Waals surface area contributed by atoms with Gasteiger partial charge in [0, 0.05) is 0 Å². The van der Waals surface area contributed by atoms with Crippen molar-refractivity contribution in [2.45, 2.75) is 13.3 Å². The Balaban J connectivity index is 3.29. The number of nitro benzene ring substituents is 1. The molecule has 1 aromatic carbocycles. The number of aliphatic hydroxyl groups is 1. The summed E-state index contributed by atoms with van der Waals surface area (Å²) in [6.45, 7) is 1.78. The number of nitrogens with zero attached hydrogens (tertiary/aromatic N) is 1. The van der Waals surface area contributed by atoms with Crippen LogP contribution >= 0.6 is 0 Å². The highest BCUT2D eigenvalue weighted by molar-refractivity contribution is 5.67. The van der Waals surface area contributed by atoms with Crippen LogP contribution in [-0.4, -0.2) is 10.0 Å². The molecular formula is C10H10FNO3. The quantitative estimate of drug-likeness (QED) is 0.474. The molecule has 0 aliphatic heterocycles. The molecule has 0 atom stereocenters. The molecule has 15 heavy (non-hydrogen) atoms. The Kier molecular flexibility index (Phi) is 3.38. The number of hydrogen-bond donors (Lipinski definition) is 1. The molecule has 0 bridgehead atoms. The molecule has 0 spiro atoms. The van der Waals surface area contributed by atoms with Crippen LogP contribution < -0.4 is 0 Å². The summed E-state index contributed by atoms with van der Waals surface area (Å²) in [5, 5.41) is 20.1. The van der Waals surface area contributed by atoms with Gasteiger partial charge in [-0.05, 0) is 24.6 Å². The van der Waals surface area contributed by atoms with E-state index in [2.05, 4.69) is 0 Å². The first kappa shape index (κ1) is 11.2. The maximum absolute atomic E-state index is 12.8. The maximum atomic E-state index is 12.8. The lowest BCUT2D eigenvalue weighted by atomic mass is 10.1. The largest absolute Gasteiger partial charge is 0.507 e. The first-order valence-corrected chi connectivity index (χ1v) is 4.39. The smallest absolute Gasteiger partial charge is 0.283 e. The van der Waals surface area contributed by atoms with Crippen LogP contribution in [0.3, 0.4) is 0 Å². The molecule has 0 aromatic heterocycles. The van der Waals surface area contributed by atoms with E-state index in [-0.39, 0.29) is 11.3 Å². The van der Waals surface area contributed by atoms with Gasteiger partial charge in [-0.15, -0.1) is 0 Å². The van der Waals surface area contributed by atoms with Gasteiger partial charge in [-0.2, -0.15) is 0 Å². The minimum Gasteiger partial charge on any atom is -0.507 e. The predicted octanol–water partition coefficient (Wildman–Crippen LogP) is 3.04. The normalized spacial score (nSPS) is 11.5. The standard InChI is InChI=1S/C10H10FNO3/c1-2-3-10(13)8-5-4-7(11)6-9(8)12(14)15/h3-6,13H,2H2,1H3/b10-3+. The first-order valence-electron chi connectivity index (χ1n) is 4.39. The number of benzene rings is 1. The van der Waals surface area contributed by atoms with Gasteiger partial charge >= 0.3 is 0 Å². The number of hydrogen-bond acceptors (Lipinski definition) is 3. The van der Waals surface area contributed by atoms with E-state index >= 15 is 0 Å². The summed E-state index contributed by atoms with van der Waals surface area (Å²) in [5.74, 6) is -0.904. The third-order valence-electron chi connectivity index (χ3n) is 1.83. The van der Waals surface area contributed by atoms with Crippen molar-refractivity contribution in [2.75, 3.05) is 0 Å². The summed E-state index contributed by atoms with van der Waals surface area (Å²) in [5.41, 5.74) is -0.402. The summed E-state index contributed by atoms with van der Waals surface area (Å²) in [7, 11) is 0. The van der Waals surface area contributed by atoms with E-state index in [9.17, 15) is 19.6 Å². The van der Waals surface area contributed by atoms with Crippen LogP contribution in [0.4, 0.5) is 10.1 Å². The highest BCUT2D eigenvalue weighted by Crippen LogP contribution is 2.25. The zero-order valence-corrected chi connectivity index (χ0v) is 8.11. The van der Waals surface area contributed by atoms with Crippen molar-refractivity contribution in [3.63, 3.8) is 0 Å². The Hall–Kier alpha value is -1.91. The molecule has 80 valence electrons. The van der Waals surface area contributed by atoms with E-state index in [4.69, 9.17) is 0 Å². The van der Waals surface area contributed by atoms with Gasteiger partial charge in [0.1, 0.15) is 11.6 Å². The fourth-order valence-electron chi connectivity index (χ4n) is 1.18. The van der Waals surface area contributed by atoms with Crippen LogP contribution in [0.5, 0.6) is 0 Å². The molecular weight excluding hydrogens is 201 g/mol. The molecule has 0 amide bonds. The molecule has 1 rings (SSSR count). The van der Waals surface area contributed by atoms with Gasteiger partial charge in [0.2, 0.25) is 0 Å². The lowest BCUT2D eigenvalue weighted by Gasteiger charge is -2.01. The number of aliphatic hydroxyl groups excluding tert-OH is 1. The summed E-state index contributed by atoms with van der Waals surface area (Å²) in [4.78, 5) is 9.86. The second-order valence-corrected chi connectivity index (χ2v) is 2.92. The molecule has 0 saturated carbocycles. The lowest BCUT2D eigenvalue weighted by Crippen LogP contribution is -1.95. The summed E-state index contributed by atoms with van der Waals surface area (Å²) in [6, 6.07) is 3.05. The maximum Gasteiger partial charge on any atom is 0.283 e. The van der Waals surface area contributed by atoms with E-state index in [1.807, 2.05) is 0 Å². The van der Waals surface area contributed by atoms with Gasteiger partial charge in [0.15, 0.2) is 0 Å². The SMILES string of the molecule is CC/C=C(/O)c1ccc(F)cc1[N+](=O)[O-]. The van der Waals surface area contributed by atoms with Crippen molar-refractivity contribution in [3.05, 3.63) is 45.8 Å². The molecule has 4 nitrogen and oxygen atoms in total. The second kappa shape index (κ2) is 4.54. The molecule has 0 fully saturated rings. The number of nitro groups is 1. The monoisotopic (exact) mass is 211 g/mol. The molecule has 0 aliphatic rings. The van der Waals surface area contributed by atoms with Gasteiger partial charge in [0.25, 0.3) is 5.69 Å². The average molecular weight is 211 g/mol. The molecule has 0 unspecified atom stereocenters. The molecule has 0 heterocycles. The van der Waals surface area contributed by atoms with Gasteiger partial charge in [0.05, 0.1) is 16.6 Å². The van der Waals surface area contributed by atoms with Crippen molar-refractivity contribution in [1.82, 2.24) is 0 Å². The Morgan fingerprint density at radius 1 is 1.67 bits per heavy atom. The van der Waals surface area contributed by atoms with Crippen LogP contribution in [0.1, 0.15) is 18.9 Å². The Morgan fingerprint density at radius 2 is 2.33 bits per heavy atom. The average Bonchev–Trinajstić information content (AvgIpc) is 2.17. The fraction of sp³-hybridized carbons (Fsp3) is 0.200. The van der Waals surface area contributed by atoms with Crippen molar-refractivity contribution < 1.29 is 14.4 Å². The van der Waals surface area contributed by atoms with E-state index in [1.54, 1.807) is 6.92 Å². The van der Waals surface area contributed by atoms with Crippen LogP contribution in [-0.2, 0) is 0 Å². The van der Waals surface area contributed by atoms with Gasteiger partial charge in [-0.3, -0.25) is 10.1 Å². The van der Waals surface area contributed by atoms with Gasteiger partial charge in [-0.25, -0.2) is 4.39 Å². The summed E-state index contributed by atoms with van der Waals surface area (Å²) < 4.78 is 12.8. The topological polar surface area (TPSA) is 63.4 Å². The molecule has 1 aromatic rings. The van der Waals surface area contributed by atoms with Crippen molar-refractivity contribution in [1.29, 1.82) is 0 Å². The second-order valence-electron chi connectivity index (χ2n) is 2.92. The Bertz CT molecular complexity index is 415. The number of halogens is 1. The van der Waals surface area contributed by atoms with Crippen LogP contribution in [0.25, 0.3) is 5.76 Å². The molecule has 0 saturated heterocycles. The van der Waals surface area contributed by atoms with Crippen molar-refractivity contribution >= 4 is 11.4 Å². The zero-order valence-electron chi connectivity index (χ0n) is 8.11. The third kappa shape index (κ3) is 2.52. The van der Waals surface area contributed by atoms with E-state index in [1.165, 1.54) is 12.1 Å². The fourth-order valence-corrected chi connectivity index (χ4v) is 1.18. The number of allylic oxidation sites excluding steroid dienone is 1. The lowest BCUT2D eigenvalue weighted by molar-refractivity contribution is -0.385. The van der Waals surface area contributed by atoms with Gasteiger partial charge < -0.3 is 5.11 Å². The van der Waals surface area contributed by atoms with E-state index in [0.717, 1.165) is 12.1 Å². The summed E-state index contributed by atoms with van der Waals surface area (Å²) >= 11 is 0. The van der Waals surface area contributed by atoms with Crippen molar-refractivity contribution in [2.24, 2.45) is 0 Å². The Labute approximate surface area is 85.8 Å². The van der Waals surface area contributed by atoms with Gasteiger partial charge in [-0.1, -0.05) is 6.92 Å². The van der Waals surface area contributed by atoms with Crippen LogP contribution in [0.15, 0.2) is 24.3 Å². The minimum atomic E-state index is -0.724. The molecule has 5 heteroatoms. The Morgan fingerprint density at radius 3 is 2.87 bits per heavy atom. The van der Waals surface area contributed by atoms with Crippen LogP contribution in [0.2, 0.25) is 0 Å². The predicted molar refractivity (Wildman–Crippen MR) is 54.0 cm³/mol. The van der Waals surface area contributed by atoms with E-state index in [0.29, 0.717) is 6.42 Å². The van der Waals surface area contributed by atoms with E-state index < -0.39 is 16.4 Å².